The molecule has 0 fully saturated rings. The molecule has 14 aromatic heterocycles. The van der Waals surface area contributed by atoms with Gasteiger partial charge in [-0.25, -0.2) is 0 Å². The summed E-state index contributed by atoms with van der Waals surface area (Å²) in [5.74, 6) is 0. The SMILES string of the molecule is CC(C)(C)c1cc[c-]cc1.Cc1c[c-]cc(C)n1.[C-]#N.[N-]=C=S.[Ni+2].[Ni+2].[Ni+2].[Ni+2].[Ni+2].[Ni+2].[c-]1ccccc1.[c-]1ccccc1-c1cccc(-c2ccccn2)n1.[c-]1ccccc1-c1cccc(-c2ccccn2)n1.[c-]1ccccc1-c1cccc(-c2ccccn2)n1.[c-]1ccccc1-c1cccc(-c2ccccn2)n1.[c-]1ccccc1-c1cccc(-c2ccccn2)n1.[c-]1ccccc1-c1cccc(-c2ccccn2)n1.[c-]1ccncc1. The van der Waals surface area contributed by atoms with Crippen molar-refractivity contribution in [1.82, 2.24) is 69.8 Å². The van der Waals surface area contributed by atoms with Crippen LogP contribution in [-0.4, -0.2) is 74.9 Å². The zero-order valence-electron chi connectivity index (χ0n) is 81.2. The molecule has 0 aliphatic rings. The van der Waals surface area contributed by atoms with E-state index in [4.69, 9.17) is 17.2 Å². The van der Waals surface area contributed by atoms with Gasteiger partial charge >= 0.3 is 98.9 Å². The summed E-state index contributed by atoms with van der Waals surface area (Å²) in [4.78, 5) is 61.5. The van der Waals surface area contributed by atoms with E-state index in [1.807, 2.05) is 432 Å². The second kappa shape index (κ2) is 72.4. The minimum Gasteiger partial charge on any atom is -0.753 e. The summed E-state index contributed by atoms with van der Waals surface area (Å²) in [6, 6.07) is 173. The number of thiocarbonyl (C=S) groups is 1. The summed E-state index contributed by atoms with van der Waals surface area (Å²) in [7, 11) is 0. The van der Waals surface area contributed by atoms with Gasteiger partial charge in [-0.1, -0.05) is 180 Å². The molecule has 0 saturated carbocycles. The Morgan fingerprint density at radius 3 is 0.557 bits per heavy atom. The van der Waals surface area contributed by atoms with Crippen LogP contribution in [-0.2, 0) is 104 Å². The Morgan fingerprint density at radius 1 is 0.221 bits per heavy atom. The maximum atomic E-state index is 7.13. The molecule has 0 aliphatic carbocycles. The van der Waals surface area contributed by atoms with Gasteiger partial charge in [0.2, 0.25) is 0 Å². The van der Waals surface area contributed by atoms with Gasteiger partial charge in [0.05, 0.1) is 68.3 Å². The summed E-state index contributed by atoms with van der Waals surface area (Å²) >= 11 is 3.70. The van der Waals surface area contributed by atoms with Crippen LogP contribution in [0, 0.1) is 86.3 Å². The van der Waals surface area contributed by atoms with Crippen LogP contribution >= 0.6 is 12.2 Å². The molecule has 14 heterocycles. The number of pyridine rings is 14. The molecular weight excluding hydrogens is 2120 g/mol. The number of isothiocyanates is 1. The van der Waals surface area contributed by atoms with Gasteiger partial charge in [0, 0.05) is 37.2 Å². The fourth-order valence-corrected chi connectivity index (χ4v) is 12.9. The first-order chi connectivity index (χ1) is 70.4. The summed E-state index contributed by atoms with van der Waals surface area (Å²) < 4.78 is 0. The third-order valence-electron chi connectivity index (χ3n) is 19.6. The number of hydrogen-bond donors (Lipinski definition) is 0. The van der Waals surface area contributed by atoms with E-state index < -0.39 is 0 Å². The molecule has 0 amide bonds. The third-order valence-corrected chi connectivity index (χ3v) is 19.6. The Morgan fingerprint density at radius 2 is 0.416 bits per heavy atom. The first-order valence-electron chi connectivity index (χ1n) is 45.2. The molecule has 0 radical (unpaired) electrons. The van der Waals surface area contributed by atoms with Gasteiger partial charge in [0.1, 0.15) is 0 Å². The Bertz CT molecular complexity index is 5980. The smallest absolute Gasteiger partial charge is 0.753 e. The Hall–Kier alpha value is -15.9. The number of aromatic nitrogens is 14. The van der Waals surface area contributed by atoms with Crippen molar-refractivity contribution in [3.05, 3.63) is 582 Å². The zero-order valence-corrected chi connectivity index (χ0v) is 88.0. The van der Waals surface area contributed by atoms with Gasteiger partial charge in [-0.15, -0.1) is 215 Å². The standard InChI is InChI=1S/6C16H11N2.C10H13.C7H8N.C6H5.C5H4N.CNS.CN.6Ni/c6*1-2-7-13(8-3-1)14-10-6-11-16(18-14)15-9-4-5-12-17-15;1-10(2,3)9-7-5-4-6-8-9;1-6-4-3-5-7(2)8-6;2*1-2-4-6-5-3-1;2-1-3;1-2;;;;;;/h6*1-7,9-12H;5-8H,1-3H3;4-5H,1-2H3;1-5H;2-5H;;;;;;;;/q12*-1;6*+2. The second-order valence-electron chi connectivity index (χ2n) is 30.9. The molecule has 0 N–H and O–H groups in total. The van der Waals surface area contributed by atoms with Crippen molar-refractivity contribution in [3.8, 4) is 136 Å². The summed E-state index contributed by atoms with van der Waals surface area (Å²) in [6.45, 7) is 15.3. The van der Waals surface area contributed by atoms with Crippen molar-refractivity contribution in [2.24, 2.45) is 0 Å². The minimum atomic E-state index is 0. The molecule has 22 rings (SSSR count). The molecule has 22 aromatic rings. The maximum Gasteiger partial charge on any atom is 2.00 e. The van der Waals surface area contributed by atoms with E-state index >= 15 is 0 Å². The van der Waals surface area contributed by atoms with Crippen molar-refractivity contribution in [1.29, 1.82) is 5.26 Å². The number of aryl methyl sites for hydroxylation is 2. The summed E-state index contributed by atoms with van der Waals surface area (Å²) in [5, 5.41) is 14.7. The number of benzene rings is 8. The van der Waals surface area contributed by atoms with Crippen molar-refractivity contribution < 1.29 is 98.9 Å². The van der Waals surface area contributed by atoms with Crippen LogP contribution in [0.2, 0.25) is 0 Å². The van der Waals surface area contributed by atoms with Crippen LogP contribution < -0.4 is 0 Å². The number of nitrogens with zero attached hydrogens (tertiary/aromatic N) is 16. The van der Waals surface area contributed by atoms with E-state index in [9.17, 15) is 0 Å². The quantitative estimate of drug-likeness (QED) is 0.0479. The van der Waals surface area contributed by atoms with Crippen LogP contribution in [0.5, 0.6) is 0 Å². The Balaban J connectivity index is 0.000000293. The fraction of sp³-hybridized carbons (Fsp3) is 0.0476. The average Bonchev–Trinajstić information content (AvgIpc) is 0.862. The van der Waals surface area contributed by atoms with E-state index in [0.29, 0.717) is 0 Å². The maximum absolute atomic E-state index is 7.13. The predicted octanol–water partition coefficient (Wildman–Crippen LogP) is 29.1. The third kappa shape index (κ3) is 44.5. The molecule has 8 aromatic carbocycles. The first kappa shape index (κ1) is 124. The van der Waals surface area contributed by atoms with E-state index in [1.165, 1.54) is 10.7 Å². The van der Waals surface area contributed by atoms with E-state index in [1.54, 1.807) is 61.7 Å². The van der Waals surface area contributed by atoms with Gasteiger partial charge in [0.25, 0.3) is 0 Å². The molecular formula is C126H96N16Ni6S. The fourth-order valence-electron chi connectivity index (χ4n) is 12.9. The van der Waals surface area contributed by atoms with Gasteiger partial charge in [0.15, 0.2) is 0 Å². The largest absolute Gasteiger partial charge is 2.00 e. The van der Waals surface area contributed by atoms with E-state index in [0.717, 1.165) is 147 Å². The topological polar surface area (TPSA) is 227 Å². The summed E-state index contributed by atoms with van der Waals surface area (Å²) in [5.41, 5.74) is 25.8. The molecule has 149 heavy (non-hydrogen) atoms. The minimum absolute atomic E-state index is 0. The first-order valence-corrected chi connectivity index (χ1v) is 45.6. The monoisotopic (exact) mass is 2210 g/mol. The van der Waals surface area contributed by atoms with Gasteiger partial charge in [-0.2, -0.15) is 114 Å². The van der Waals surface area contributed by atoms with Crippen molar-refractivity contribution in [2.45, 2.75) is 40.0 Å². The van der Waals surface area contributed by atoms with Gasteiger partial charge in [-0.05, 0) is 149 Å². The van der Waals surface area contributed by atoms with Crippen LogP contribution in [0.3, 0.4) is 0 Å². The normalized spacial score (nSPS) is 9.39. The van der Waals surface area contributed by atoms with Crippen molar-refractivity contribution >= 4 is 17.4 Å². The Labute approximate surface area is 940 Å². The zero-order chi connectivity index (χ0) is 100. The van der Waals surface area contributed by atoms with Crippen LogP contribution in [0.25, 0.3) is 141 Å². The predicted molar refractivity (Wildman–Crippen MR) is 576 cm³/mol. The van der Waals surface area contributed by atoms with Crippen LogP contribution in [0.4, 0.5) is 0 Å². The molecule has 0 saturated heterocycles. The molecule has 23 heteroatoms. The van der Waals surface area contributed by atoms with E-state index in [-0.39, 0.29) is 104 Å². The molecule has 0 atom stereocenters. The summed E-state index contributed by atoms with van der Waals surface area (Å²) in [6.07, 6.45) is 14.0. The van der Waals surface area contributed by atoms with Gasteiger partial charge in [-0.3, -0.25) is 59.8 Å². The van der Waals surface area contributed by atoms with Crippen molar-refractivity contribution in [3.63, 3.8) is 0 Å². The van der Waals surface area contributed by atoms with Crippen molar-refractivity contribution in [2.75, 3.05) is 0 Å². The van der Waals surface area contributed by atoms with Crippen LogP contribution in [0.1, 0.15) is 37.7 Å². The molecule has 0 aliphatic heterocycles. The molecule has 16 nitrogen and oxygen atoms in total. The second-order valence-corrected chi connectivity index (χ2v) is 31.1. The van der Waals surface area contributed by atoms with Crippen LogP contribution in [0.15, 0.2) is 492 Å². The number of rotatable bonds is 12. The number of hydrogen-bond acceptors (Lipinski definition) is 16. The Kier molecular flexibility index (Phi) is 60.0. The molecule has 0 bridgehead atoms. The average molecular weight is 2220 g/mol. The van der Waals surface area contributed by atoms with E-state index in [2.05, 4.69) is 176 Å². The molecule has 0 unspecified atom stereocenters. The molecule has 0 spiro atoms. The van der Waals surface area contributed by atoms with Gasteiger partial charge < -0.3 is 27.2 Å². The molecule has 746 valence electrons.